The SMILES string of the molecule is C=C/C=C\C=C\CCC(CC(O)O)NC(=O)OC. The largest absolute Gasteiger partial charge is 0.453 e. The first-order chi connectivity index (χ1) is 8.60. The summed E-state index contributed by atoms with van der Waals surface area (Å²) >= 11 is 0. The van der Waals surface area contributed by atoms with Gasteiger partial charge in [0.1, 0.15) is 0 Å². The summed E-state index contributed by atoms with van der Waals surface area (Å²) < 4.78 is 4.47. The van der Waals surface area contributed by atoms with Gasteiger partial charge in [-0.05, 0) is 12.8 Å². The van der Waals surface area contributed by atoms with Crippen molar-refractivity contribution in [3.8, 4) is 0 Å². The Morgan fingerprint density at radius 1 is 1.39 bits per heavy atom. The van der Waals surface area contributed by atoms with Gasteiger partial charge in [0.25, 0.3) is 0 Å². The summed E-state index contributed by atoms with van der Waals surface area (Å²) in [5, 5.41) is 20.4. The molecule has 1 atom stereocenters. The molecule has 0 heterocycles. The zero-order valence-corrected chi connectivity index (χ0v) is 10.6. The van der Waals surface area contributed by atoms with Crippen LogP contribution in [0.3, 0.4) is 0 Å². The highest BCUT2D eigenvalue weighted by atomic mass is 16.5. The predicted molar refractivity (Wildman–Crippen MR) is 69.9 cm³/mol. The minimum absolute atomic E-state index is 0.0748. The van der Waals surface area contributed by atoms with Crippen molar-refractivity contribution < 1.29 is 19.7 Å². The zero-order chi connectivity index (χ0) is 13.8. The first kappa shape index (κ1) is 16.4. The first-order valence-corrected chi connectivity index (χ1v) is 5.75. The van der Waals surface area contributed by atoms with Crippen molar-refractivity contribution in [2.75, 3.05) is 7.11 Å². The van der Waals surface area contributed by atoms with E-state index < -0.39 is 12.4 Å². The fourth-order valence-electron chi connectivity index (χ4n) is 1.34. The van der Waals surface area contributed by atoms with E-state index in [1.807, 2.05) is 18.2 Å². The number of aliphatic hydroxyl groups is 2. The van der Waals surface area contributed by atoms with E-state index in [2.05, 4.69) is 16.6 Å². The average Bonchev–Trinajstić information content (AvgIpc) is 2.32. The normalized spacial score (nSPS) is 13.1. The van der Waals surface area contributed by atoms with E-state index in [-0.39, 0.29) is 12.5 Å². The first-order valence-electron chi connectivity index (χ1n) is 5.75. The lowest BCUT2D eigenvalue weighted by Crippen LogP contribution is -2.37. The Bertz CT molecular complexity index is 297. The van der Waals surface area contributed by atoms with Gasteiger partial charge < -0.3 is 20.3 Å². The maximum atomic E-state index is 11.0. The quantitative estimate of drug-likeness (QED) is 0.453. The van der Waals surface area contributed by atoms with Crippen LogP contribution < -0.4 is 5.32 Å². The number of allylic oxidation sites excluding steroid dienone is 5. The van der Waals surface area contributed by atoms with Gasteiger partial charge in [-0.2, -0.15) is 0 Å². The molecule has 0 spiro atoms. The maximum absolute atomic E-state index is 11.0. The summed E-state index contributed by atoms with van der Waals surface area (Å²) in [7, 11) is 1.27. The lowest BCUT2D eigenvalue weighted by atomic mass is 10.1. The molecule has 18 heavy (non-hydrogen) atoms. The molecule has 0 saturated heterocycles. The van der Waals surface area contributed by atoms with Crippen LogP contribution in [0.1, 0.15) is 19.3 Å². The number of hydrogen-bond acceptors (Lipinski definition) is 4. The zero-order valence-electron chi connectivity index (χ0n) is 10.6. The van der Waals surface area contributed by atoms with Crippen LogP contribution in [0.4, 0.5) is 4.79 Å². The molecule has 0 bridgehead atoms. The molecular weight excluding hydrogens is 234 g/mol. The molecule has 1 amide bonds. The molecule has 0 aliphatic rings. The molecule has 0 aliphatic carbocycles. The molecule has 102 valence electrons. The Hall–Kier alpha value is -1.59. The summed E-state index contributed by atoms with van der Waals surface area (Å²) in [6, 6.07) is -0.328. The van der Waals surface area contributed by atoms with E-state index in [9.17, 15) is 4.79 Å². The highest BCUT2D eigenvalue weighted by Crippen LogP contribution is 2.05. The predicted octanol–water partition coefficient (Wildman–Crippen LogP) is 1.49. The second kappa shape index (κ2) is 10.6. The van der Waals surface area contributed by atoms with Crippen LogP contribution in [-0.2, 0) is 4.74 Å². The second-order valence-corrected chi connectivity index (χ2v) is 3.68. The summed E-state index contributed by atoms with van der Waals surface area (Å²) in [6.45, 7) is 3.54. The van der Waals surface area contributed by atoms with E-state index in [1.54, 1.807) is 12.2 Å². The third-order valence-corrected chi connectivity index (χ3v) is 2.18. The second-order valence-electron chi connectivity index (χ2n) is 3.68. The fourth-order valence-corrected chi connectivity index (χ4v) is 1.34. The van der Waals surface area contributed by atoms with E-state index in [1.165, 1.54) is 7.11 Å². The summed E-state index contributed by atoms with van der Waals surface area (Å²) in [5.74, 6) is 0. The van der Waals surface area contributed by atoms with Crippen LogP contribution in [0.5, 0.6) is 0 Å². The summed E-state index contributed by atoms with van der Waals surface area (Å²) in [5.41, 5.74) is 0. The van der Waals surface area contributed by atoms with Crippen LogP contribution in [0.2, 0.25) is 0 Å². The minimum Gasteiger partial charge on any atom is -0.453 e. The van der Waals surface area contributed by atoms with Crippen molar-refractivity contribution in [2.24, 2.45) is 0 Å². The van der Waals surface area contributed by atoms with E-state index >= 15 is 0 Å². The van der Waals surface area contributed by atoms with Crippen LogP contribution in [0.15, 0.2) is 37.0 Å². The molecular formula is C13H21NO4. The molecule has 0 aromatic carbocycles. The number of methoxy groups -OCH3 is 1. The molecule has 0 aromatic rings. The van der Waals surface area contributed by atoms with Crippen LogP contribution in [0.25, 0.3) is 0 Å². The van der Waals surface area contributed by atoms with Crippen LogP contribution >= 0.6 is 0 Å². The third-order valence-electron chi connectivity index (χ3n) is 2.18. The Morgan fingerprint density at radius 2 is 2.11 bits per heavy atom. The van der Waals surface area contributed by atoms with Gasteiger partial charge >= 0.3 is 6.09 Å². The summed E-state index contributed by atoms with van der Waals surface area (Å²) in [4.78, 5) is 11.0. The van der Waals surface area contributed by atoms with Gasteiger partial charge in [-0.3, -0.25) is 0 Å². The number of hydrogen-bond donors (Lipinski definition) is 3. The van der Waals surface area contributed by atoms with Crippen LogP contribution in [0, 0.1) is 0 Å². The Kier molecular flexibility index (Phi) is 9.62. The molecule has 0 saturated carbocycles. The Morgan fingerprint density at radius 3 is 2.67 bits per heavy atom. The van der Waals surface area contributed by atoms with Gasteiger partial charge in [0.2, 0.25) is 0 Å². The molecule has 0 aliphatic heterocycles. The van der Waals surface area contributed by atoms with Crippen LogP contribution in [-0.4, -0.2) is 35.7 Å². The highest BCUT2D eigenvalue weighted by Gasteiger charge is 2.14. The molecule has 3 N–H and O–H groups in total. The lowest BCUT2D eigenvalue weighted by molar-refractivity contribution is -0.0515. The summed E-state index contributed by atoms with van der Waals surface area (Å²) in [6.07, 6.45) is 8.48. The Labute approximate surface area is 107 Å². The number of ether oxygens (including phenoxy) is 1. The van der Waals surface area contributed by atoms with Crippen molar-refractivity contribution in [2.45, 2.75) is 31.6 Å². The third kappa shape index (κ3) is 9.62. The van der Waals surface area contributed by atoms with E-state index in [0.717, 1.165) is 0 Å². The van der Waals surface area contributed by atoms with Crippen molar-refractivity contribution in [1.29, 1.82) is 0 Å². The van der Waals surface area contributed by atoms with Crippen molar-refractivity contribution in [3.63, 3.8) is 0 Å². The molecule has 1 unspecified atom stereocenters. The molecule has 0 aromatic heterocycles. The monoisotopic (exact) mass is 255 g/mol. The number of carbonyl (C=O) groups excluding carboxylic acids is 1. The number of amides is 1. The topological polar surface area (TPSA) is 78.8 Å². The fraction of sp³-hybridized carbons (Fsp3) is 0.462. The molecule has 0 rings (SSSR count). The molecule has 5 heteroatoms. The number of nitrogens with one attached hydrogen (secondary N) is 1. The number of carbonyl (C=O) groups is 1. The molecule has 5 nitrogen and oxygen atoms in total. The van der Waals surface area contributed by atoms with Crippen molar-refractivity contribution in [3.05, 3.63) is 37.0 Å². The van der Waals surface area contributed by atoms with Gasteiger partial charge in [0.15, 0.2) is 6.29 Å². The van der Waals surface area contributed by atoms with Crippen molar-refractivity contribution >= 4 is 6.09 Å². The van der Waals surface area contributed by atoms with Crippen molar-refractivity contribution in [1.82, 2.24) is 5.32 Å². The Balaban J connectivity index is 4.07. The number of alkyl carbamates (subject to hydrolysis) is 1. The lowest BCUT2D eigenvalue weighted by Gasteiger charge is -2.17. The number of aliphatic hydroxyl groups excluding tert-OH is 1. The van der Waals surface area contributed by atoms with Gasteiger partial charge in [0, 0.05) is 12.5 Å². The van der Waals surface area contributed by atoms with Gasteiger partial charge in [-0.25, -0.2) is 4.79 Å². The molecule has 0 fully saturated rings. The highest BCUT2D eigenvalue weighted by molar-refractivity contribution is 5.67. The van der Waals surface area contributed by atoms with Gasteiger partial charge in [0.05, 0.1) is 7.11 Å². The smallest absolute Gasteiger partial charge is 0.407 e. The maximum Gasteiger partial charge on any atom is 0.407 e. The standard InChI is InChI=1S/C13H21NO4/c1-3-4-5-6-7-8-9-11(10-12(15)16)14-13(17)18-2/h3-7,11-12,15-16H,1,8-10H2,2H3,(H,14,17)/b5-4-,7-6+. The van der Waals surface area contributed by atoms with E-state index in [4.69, 9.17) is 10.2 Å². The number of rotatable bonds is 8. The van der Waals surface area contributed by atoms with Gasteiger partial charge in [-0.1, -0.05) is 37.0 Å². The minimum atomic E-state index is -1.45. The molecule has 0 radical (unpaired) electrons. The van der Waals surface area contributed by atoms with Gasteiger partial charge in [-0.15, -0.1) is 0 Å². The average molecular weight is 255 g/mol. The van der Waals surface area contributed by atoms with E-state index in [0.29, 0.717) is 12.8 Å².